The van der Waals surface area contributed by atoms with Crippen LogP contribution < -0.4 is 5.06 Å². The van der Waals surface area contributed by atoms with Gasteiger partial charge in [0.05, 0.1) is 6.04 Å². The number of hydrogen-bond acceptors (Lipinski definition) is 1. The normalized spacial score (nSPS) is 24.1. The summed E-state index contributed by atoms with van der Waals surface area (Å²) in [5.41, 5.74) is 2.23. The lowest BCUT2D eigenvalue weighted by molar-refractivity contribution is -0.811. The van der Waals surface area contributed by atoms with Gasteiger partial charge in [0.2, 0.25) is 0 Å². The molecule has 1 heterocycles. The van der Waals surface area contributed by atoms with Gasteiger partial charge in [0.25, 0.3) is 0 Å². The van der Waals surface area contributed by atoms with E-state index in [1.807, 2.05) is 18.2 Å². The maximum atomic E-state index is 12.2. The van der Waals surface area contributed by atoms with Crippen LogP contribution in [0.4, 0.5) is 5.69 Å². The topological polar surface area (TPSA) is 27.5 Å². The standard InChI is InChI=1S/C14H21NO/c1-2-3-4-8-13-11-10-12-7-5-6-9-14(12)15(13)16/h5-7,9,13,15H,2-4,8,10-11H2,1H3. The third-order valence-electron chi connectivity index (χ3n) is 3.57. The van der Waals surface area contributed by atoms with E-state index in [0.717, 1.165) is 24.9 Å². The Morgan fingerprint density at radius 3 is 2.94 bits per heavy atom. The zero-order valence-electron chi connectivity index (χ0n) is 10.0. The molecular weight excluding hydrogens is 198 g/mol. The van der Waals surface area contributed by atoms with E-state index in [-0.39, 0.29) is 0 Å². The number of hydrogen-bond donors (Lipinski definition) is 1. The molecule has 2 rings (SSSR count). The zero-order valence-corrected chi connectivity index (χ0v) is 10.0. The fourth-order valence-corrected chi connectivity index (χ4v) is 2.58. The number of aryl methyl sites for hydroxylation is 1. The summed E-state index contributed by atoms with van der Waals surface area (Å²) < 4.78 is 0. The third-order valence-corrected chi connectivity index (χ3v) is 3.57. The fraction of sp³-hybridized carbons (Fsp3) is 0.571. The van der Waals surface area contributed by atoms with Gasteiger partial charge in [-0.15, -0.1) is 0 Å². The molecule has 2 heteroatoms. The van der Waals surface area contributed by atoms with Crippen LogP contribution in [-0.2, 0) is 6.42 Å². The Kier molecular flexibility index (Phi) is 3.97. The Bertz CT molecular complexity index is 337. The number of hydroxylamine groups is 1. The van der Waals surface area contributed by atoms with Gasteiger partial charge in [-0.3, -0.25) is 0 Å². The van der Waals surface area contributed by atoms with Crippen LogP contribution in [0.2, 0.25) is 0 Å². The van der Waals surface area contributed by atoms with E-state index in [0.29, 0.717) is 11.1 Å². The second-order valence-electron chi connectivity index (χ2n) is 4.75. The number of nitrogens with one attached hydrogen (secondary N) is 1. The summed E-state index contributed by atoms with van der Waals surface area (Å²) in [6, 6.07) is 8.38. The molecule has 0 aliphatic carbocycles. The smallest absolute Gasteiger partial charge is 0.134 e. The molecule has 1 aliphatic rings. The van der Waals surface area contributed by atoms with E-state index in [1.165, 1.54) is 24.8 Å². The lowest BCUT2D eigenvalue weighted by Crippen LogP contribution is -3.07. The molecule has 0 saturated heterocycles. The van der Waals surface area contributed by atoms with E-state index >= 15 is 0 Å². The Morgan fingerprint density at radius 2 is 2.12 bits per heavy atom. The summed E-state index contributed by atoms with van der Waals surface area (Å²) in [5.74, 6) is 0. The minimum Gasteiger partial charge on any atom is -0.629 e. The van der Waals surface area contributed by atoms with Crippen molar-refractivity contribution in [1.82, 2.24) is 0 Å². The highest BCUT2D eigenvalue weighted by Crippen LogP contribution is 2.20. The van der Waals surface area contributed by atoms with Gasteiger partial charge in [-0.1, -0.05) is 38.0 Å². The average Bonchev–Trinajstić information content (AvgIpc) is 2.33. The number of rotatable bonds is 4. The molecule has 1 aromatic carbocycles. The fourth-order valence-electron chi connectivity index (χ4n) is 2.58. The molecule has 1 aromatic rings. The maximum absolute atomic E-state index is 12.2. The summed E-state index contributed by atoms with van der Waals surface area (Å²) in [7, 11) is 0. The van der Waals surface area contributed by atoms with Gasteiger partial charge in [0, 0.05) is 18.4 Å². The number of para-hydroxylation sites is 1. The molecule has 2 nitrogen and oxygen atoms in total. The van der Waals surface area contributed by atoms with E-state index in [9.17, 15) is 5.21 Å². The minimum absolute atomic E-state index is 0.293. The molecule has 2 atom stereocenters. The lowest BCUT2D eigenvalue weighted by Gasteiger charge is -2.36. The summed E-state index contributed by atoms with van der Waals surface area (Å²) in [6.07, 6.45) is 6.91. The number of unbranched alkanes of at least 4 members (excludes halogenated alkanes) is 2. The summed E-state index contributed by atoms with van der Waals surface area (Å²) >= 11 is 0. The van der Waals surface area contributed by atoms with E-state index in [2.05, 4.69) is 13.0 Å². The third kappa shape index (κ3) is 2.45. The maximum Gasteiger partial charge on any atom is 0.134 e. The molecule has 1 N–H and O–H groups in total. The monoisotopic (exact) mass is 219 g/mol. The van der Waals surface area contributed by atoms with Crippen molar-refractivity contribution >= 4 is 5.69 Å². The predicted molar refractivity (Wildman–Crippen MR) is 66.7 cm³/mol. The van der Waals surface area contributed by atoms with Gasteiger partial charge in [0.1, 0.15) is 5.69 Å². The molecule has 0 aromatic heterocycles. The Hall–Kier alpha value is -0.860. The summed E-state index contributed by atoms with van der Waals surface area (Å²) in [6.45, 7) is 2.21. The van der Waals surface area contributed by atoms with Crippen LogP contribution >= 0.6 is 0 Å². The molecule has 1 aliphatic heterocycles. The molecule has 0 saturated carbocycles. The number of fused-ring (bicyclic) bond motifs is 1. The predicted octanol–water partition coefficient (Wildman–Crippen LogP) is 2.60. The van der Waals surface area contributed by atoms with Gasteiger partial charge in [-0.25, -0.2) is 0 Å². The van der Waals surface area contributed by atoms with Crippen molar-refractivity contribution in [3.63, 3.8) is 0 Å². The van der Waals surface area contributed by atoms with Crippen molar-refractivity contribution in [3.8, 4) is 0 Å². The van der Waals surface area contributed by atoms with E-state index in [4.69, 9.17) is 0 Å². The summed E-state index contributed by atoms with van der Waals surface area (Å²) in [4.78, 5) is 0. The Balaban J connectivity index is 2.00. The van der Waals surface area contributed by atoms with Crippen LogP contribution in [0.15, 0.2) is 24.3 Å². The highest BCUT2D eigenvalue weighted by Gasteiger charge is 2.24. The average molecular weight is 219 g/mol. The second-order valence-corrected chi connectivity index (χ2v) is 4.75. The van der Waals surface area contributed by atoms with Crippen molar-refractivity contribution in [2.24, 2.45) is 0 Å². The number of benzene rings is 1. The minimum atomic E-state index is 0.293. The zero-order chi connectivity index (χ0) is 11.4. The lowest BCUT2D eigenvalue weighted by atomic mass is 9.94. The van der Waals surface area contributed by atoms with Crippen LogP contribution in [0, 0.1) is 5.21 Å². The molecule has 0 bridgehead atoms. The van der Waals surface area contributed by atoms with Crippen LogP contribution in [0.3, 0.4) is 0 Å². The molecular formula is C14H21NO. The molecule has 0 radical (unpaired) electrons. The molecule has 0 spiro atoms. The van der Waals surface area contributed by atoms with Crippen LogP contribution in [0.1, 0.15) is 44.6 Å². The van der Waals surface area contributed by atoms with E-state index in [1.54, 1.807) is 0 Å². The SMILES string of the molecule is CCCCCC1CCc2ccccc2[NH+]1[O-]. The molecule has 0 amide bonds. The summed E-state index contributed by atoms with van der Waals surface area (Å²) in [5, 5.41) is 12.6. The first-order valence-corrected chi connectivity index (χ1v) is 6.45. The molecule has 2 unspecified atom stereocenters. The molecule has 16 heavy (non-hydrogen) atoms. The van der Waals surface area contributed by atoms with Crippen LogP contribution in [-0.4, -0.2) is 6.04 Å². The number of quaternary nitrogens is 1. The van der Waals surface area contributed by atoms with Gasteiger partial charge in [0.15, 0.2) is 0 Å². The van der Waals surface area contributed by atoms with Crippen LogP contribution in [0.25, 0.3) is 0 Å². The van der Waals surface area contributed by atoms with Gasteiger partial charge >= 0.3 is 0 Å². The van der Waals surface area contributed by atoms with Gasteiger partial charge < -0.3 is 10.3 Å². The second kappa shape index (κ2) is 5.46. The first-order chi connectivity index (χ1) is 7.83. The van der Waals surface area contributed by atoms with Crippen molar-refractivity contribution in [2.75, 3.05) is 0 Å². The van der Waals surface area contributed by atoms with Crippen molar-refractivity contribution in [2.45, 2.75) is 51.5 Å². The Labute approximate surface area is 97.9 Å². The van der Waals surface area contributed by atoms with Crippen molar-refractivity contribution in [1.29, 1.82) is 0 Å². The van der Waals surface area contributed by atoms with E-state index < -0.39 is 0 Å². The highest BCUT2D eigenvalue weighted by atomic mass is 16.5. The molecule has 88 valence electrons. The van der Waals surface area contributed by atoms with Gasteiger partial charge in [-0.05, 0) is 18.9 Å². The largest absolute Gasteiger partial charge is 0.629 e. The first kappa shape index (κ1) is 11.6. The van der Waals surface area contributed by atoms with Crippen molar-refractivity contribution < 1.29 is 5.06 Å². The quantitative estimate of drug-likeness (QED) is 0.611. The van der Waals surface area contributed by atoms with Crippen molar-refractivity contribution in [3.05, 3.63) is 35.0 Å². The first-order valence-electron chi connectivity index (χ1n) is 6.45. The molecule has 0 fully saturated rings. The van der Waals surface area contributed by atoms with Crippen LogP contribution in [0.5, 0.6) is 0 Å². The highest BCUT2D eigenvalue weighted by molar-refractivity contribution is 5.40. The Morgan fingerprint density at radius 1 is 1.31 bits per heavy atom. The van der Waals surface area contributed by atoms with Gasteiger partial charge in [-0.2, -0.15) is 0 Å².